The Bertz CT molecular complexity index is 1210. The number of hydrogen-bond acceptors (Lipinski definition) is 4. The third-order valence-electron chi connectivity index (χ3n) is 6.35. The molecule has 4 aromatic rings. The molecule has 154 valence electrons. The van der Waals surface area contributed by atoms with E-state index in [-0.39, 0.29) is 5.78 Å². The number of rotatable bonds is 5. The molecule has 0 atom stereocenters. The van der Waals surface area contributed by atoms with Crippen LogP contribution < -0.4 is 0 Å². The quantitative estimate of drug-likeness (QED) is 0.521. The van der Waals surface area contributed by atoms with Crippen molar-refractivity contribution in [3.63, 3.8) is 0 Å². The summed E-state index contributed by atoms with van der Waals surface area (Å²) < 4.78 is 3.90. The Balaban J connectivity index is 1.25. The van der Waals surface area contributed by atoms with Crippen LogP contribution in [-0.4, -0.2) is 55.4 Å². The molecule has 1 saturated heterocycles. The first-order valence-corrected chi connectivity index (χ1v) is 10.4. The number of hydrogen-bond donors (Lipinski definition) is 1. The van der Waals surface area contributed by atoms with Gasteiger partial charge in [-0.15, -0.1) is 0 Å². The zero-order chi connectivity index (χ0) is 20.7. The summed E-state index contributed by atoms with van der Waals surface area (Å²) in [6.45, 7) is 2.26. The fourth-order valence-electron chi connectivity index (χ4n) is 4.57. The first-order valence-electron chi connectivity index (χ1n) is 10.4. The molecule has 2 aromatic carbocycles. The van der Waals surface area contributed by atoms with E-state index in [9.17, 15) is 9.90 Å². The van der Waals surface area contributed by atoms with Gasteiger partial charge in [0.15, 0.2) is 5.78 Å². The molecule has 0 radical (unpaired) electrons. The molecule has 3 heterocycles. The van der Waals surface area contributed by atoms with Crippen molar-refractivity contribution in [1.82, 2.24) is 19.2 Å². The van der Waals surface area contributed by atoms with E-state index in [4.69, 9.17) is 0 Å². The van der Waals surface area contributed by atoms with Gasteiger partial charge in [0.25, 0.3) is 0 Å². The Labute approximate surface area is 175 Å². The number of carbonyl (C=O) groups is 1. The molecule has 2 aromatic heterocycles. The number of nitrogens with zero attached hydrogens (tertiary/aromatic N) is 4. The lowest BCUT2D eigenvalue weighted by Gasteiger charge is -2.37. The number of aromatic nitrogens is 3. The summed E-state index contributed by atoms with van der Waals surface area (Å²) in [4.78, 5) is 15.1. The first kappa shape index (κ1) is 19.0. The molecular weight excluding hydrogens is 376 g/mol. The second kappa shape index (κ2) is 7.38. The van der Waals surface area contributed by atoms with E-state index in [1.165, 1.54) is 0 Å². The van der Waals surface area contributed by atoms with Crippen molar-refractivity contribution >= 4 is 27.6 Å². The molecule has 0 bridgehead atoms. The van der Waals surface area contributed by atoms with Crippen LogP contribution >= 0.6 is 0 Å². The number of benzene rings is 2. The standard InChI is InChI=1S/C24H26N4O2/c1-26-15-20(19-7-3-5-9-22(19)26)23(29)16-27-12-10-24(30,11-13-27)17-28-21-8-4-2-6-18(21)14-25-28/h2-9,14-15,30H,10-13,16-17H2,1H3. The molecule has 0 spiro atoms. The lowest BCUT2D eigenvalue weighted by Crippen LogP contribution is -2.48. The number of ketones is 1. The van der Waals surface area contributed by atoms with Crippen molar-refractivity contribution < 1.29 is 9.90 Å². The summed E-state index contributed by atoms with van der Waals surface area (Å²) in [5.74, 6) is 0.135. The number of para-hydroxylation sites is 2. The zero-order valence-electron chi connectivity index (χ0n) is 17.2. The molecule has 0 aliphatic carbocycles. The van der Waals surface area contributed by atoms with Crippen molar-refractivity contribution in [2.24, 2.45) is 7.05 Å². The summed E-state index contributed by atoms with van der Waals surface area (Å²) in [6, 6.07) is 16.1. The van der Waals surface area contributed by atoms with Gasteiger partial charge in [0.1, 0.15) is 0 Å². The molecular formula is C24H26N4O2. The second-order valence-corrected chi connectivity index (χ2v) is 8.46. The molecule has 0 saturated carbocycles. The highest BCUT2D eigenvalue weighted by Crippen LogP contribution is 2.27. The average Bonchev–Trinajstić information content (AvgIpc) is 3.31. The smallest absolute Gasteiger partial charge is 0.178 e. The molecule has 6 heteroatoms. The molecule has 30 heavy (non-hydrogen) atoms. The van der Waals surface area contributed by atoms with Gasteiger partial charge in [-0.25, -0.2) is 0 Å². The Morgan fingerprint density at radius 1 is 1.07 bits per heavy atom. The zero-order valence-corrected chi connectivity index (χ0v) is 17.2. The summed E-state index contributed by atoms with van der Waals surface area (Å²) in [6.07, 6.45) is 5.03. The second-order valence-electron chi connectivity index (χ2n) is 8.46. The average molecular weight is 402 g/mol. The van der Waals surface area contributed by atoms with Crippen molar-refractivity contribution in [3.8, 4) is 0 Å². The topological polar surface area (TPSA) is 63.3 Å². The van der Waals surface area contributed by atoms with Gasteiger partial charge in [-0.05, 0) is 25.0 Å². The summed E-state index contributed by atoms with van der Waals surface area (Å²) in [5.41, 5.74) is 2.09. The minimum Gasteiger partial charge on any atom is -0.388 e. The van der Waals surface area contributed by atoms with E-state index < -0.39 is 5.60 Å². The molecule has 5 rings (SSSR count). The molecule has 0 amide bonds. The summed E-state index contributed by atoms with van der Waals surface area (Å²) in [5, 5.41) is 17.7. The number of likely N-dealkylation sites (tertiary alicyclic amines) is 1. The van der Waals surface area contributed by atoms with Gasteiger partial charge in [-0.1, -0.05) is 36.4 Å². The highest BCUT2D eigenvalue weighted by atomic mass is 16.3. The molecule has 1 aliphatic rings. The first-order chi connectivity index (χ1) is 14.5. The van der Waals surface area contributed by atoms with Crippen LogP contribution in [0.1, 0.15) is 23.2 Å². The lowest BCUT2D eigenvalue weighted by molar-refractivity contribution is -0.0342. The fourth-order valence-corrected chi connectivity index (χ4v) is 4.57. The van der Waals surface area contributed by atoms with Crippen LogP contribution in [0.25, 0.3) is 21.8 Å². The van der Waals surface area contributed by atoms with E-state index in [1.54, 1.807) is 0 Å². The van der Waals surface area contributed by atoms with Gasteiger partial charge in [0, 0.05) is 48.2 Å². The third-order valence-corrected chi connectivity index (χ3v) is 6.35. The van der Waals surface area contributed by atoms with E-state index >= 15 is 0 Å². The van der Waals surface area contributed by atoms with Crippen molar-refractivity contribution in [3.05, 3.63) is 66.5 Å². The predicted octanol–water partition coefficient (Wildman–Crippen LogP) is 3.24. The molecule has 1 fully saturated rings. The number of piperidine rings is 1. The monoisotopic (exact) mass is 402 g/mol. The maximum atomic E-state index is 13.0. The fraction of sp³-hybridized carbons (Fsp3) is 0.333. The van der Waals surface area contributed by atoms with E-state index in [1.807, 2.05) is 77.2 Å². The molecule has 0 unspecified atom stereocenters. The van der Waals surface area contributed by atoms with Crippen LogP contribution in [0.3, 0.4) is 0 Å². The number of aryl methyl sites for hydroxylation is 1. The Morgan fingerprint density at radius 3 is 2.57 bits per heavy atom. The maximum absolute atomic E-state index is 13.0. The molecule has 1 aliphatic heterocycles. The number of carbonyl (C=O) groups excluding carboxylic acids is 1. The van der Waals surface area contributed by atoms with Crippen LogP contribution in [0.2, 0.25) is 0 Å². The van der Waals surface area contributed by atoms with Crippen LogP contribution in [0.15, 0.2) is 60.9 Å². The van der Waals surface area contributed by atoms with Crippen molar-refractivity contribution in [2.45, 2.75) is 25.0 Å². The van der Waals surface area contributed by atoms with E-state index in [0.29, 0.717) is 39.0 Å². The third kappa shape index (κ3) is 3.42. The number of Topliss-reactive ketones (excluding diaryl/α,β-unsaturated/α-hetero) is 1. The normalized spacial score (nSPS) is 17.0. The predicted molar refractivity (Wildman–Crippen MR) is 118 cm³/mol. The van der Waals surface area contributed by atoms with E-state index in [2.05, 4.69) is 10.00 Å². The highest BCUT2D eigenvalue weighted by molar-refractivity contribution is 6.09. The van der Waals surface area contributed by atoms with Crippen LogP contribution in [0, 0.1) is 0 Å². The van der Waals surface area contributed by atoms with Crippen LogP contribution in [0.5, 0.6) is 0 Å². The minimum absolute atomic E-state index is 0.135. The number of fused-ring (bicyclic) bond motifs is 2. The summed E-state index contributed by atoms with van der Waals surface area (Å²) in [7, 11) is 1.97. The number of aliphatic hydroxyl groups is 1. The van der Waals surface area contributed by atoms with Crippen LogP contribution in [0.4, 0.5) is 0 Å². The van der Waals surface area contributed by atoms with Gasteiger partial charge in [0.05, 0.1) is 30.4 Å². The van der Waals surface area contributed by atoms with Gasteiger partial charge in [-0.3, -0.25) is 14.4 Å². The highest BCUT2D eigenvalue weighted by Gasteiger charge is 2.34. The van der Waals surface area contributed by atoms with E-state index in [0.717, 1.165) is 27.4 Å². The van der Waals surface area contributed by atoms with Crippen molar-refractivity contribution in [2.75, 3.05) is 19.6 Å². The molecule has 1 N–H and O–H groups in total. The van der Waals surface area contributed by atoms with Gasteiger partial charge in [-0.2, -0.15) is 5.10 Å². The maximum Gasteiger partial charge on any atom is 0.178 e. The van der Waals surface area contributed by atoms with Gasteiger partial charge >= 0.3 is 0 Å². The lowest BCUT2D eigenvalue weighted by atomic mass is 9.91. The Hall–Kier alpha value is -2.96. The Morgan fingerprint density at radius 2 is 1.77 bits per heavy atom. The summed E-state index contributed by atoms with van der Waals surface area (Å²) >= 11 is 0. The SMILES string of the molecule is Cn1cc(C(=O)CN2CCC(O)(Cn3ncc4ccccc43)CC2)c2ccccc21. The Kier molecular flexibility index (Phi) is 4.68. The van der Waals surface area contributed by atoms with Gasteiger partial charge in [0.2, 0.25) is 0 Å². The van der Waals surface area contributed by atoms with Crippen molar-refractivity contribution in [1.29, 1.82) is 0 Å². The molecule has 6 nitrogen and oxygen atoms in total. The largest absolute Gasteiger partial charge is 0.388 e. The van der Waals surface area contributed by atoms with Gasteiger partial charge < -0.3 is 9.67 Å². The van der Waals surface area contributed by atoms with Crippen LogP contribution in [-0.2, 0) is 13.6 Å². The minimum atomic E-state index is -0.798.